The van der Waals surface area contributed by atoms with Crippen LogP contribution in [0.5, 0.6) is 0 Å². The van der Waals surface area contributed by atoms with Crippen LogP contribution in [0.2, 0.25) is 0 Å². The molecule has 4 aromatic rings. The highest BCUT2D eigenvalue weighted by Gasteiger charge is 2.55. The van der Waals surface area contributed by atoms with Crippen LogP contribution in [-0.4, -0.2) is 48.6 Å². The summed E-state index contributed by atoms with van der Waals surface area (Å²) >= 11 is 1.33. The Morgan fingerprint density at radius 3 is 2.76 bits per heavy atom. The van der Waals surface area contributed by atoms with Crippen LogP contribution < -0.4 is 5.73 Å². The van der Waals surface area contributed by atoms with Gasteiger partial charge in [0, 0.05) is 10.9 Å². The average Bonchev–Trinajstić information content (AvgIpc) is 3.56. The summed E-state index contributed by atoms with van der Waals surface area (Å²) < 4.78 is 34.7. The molecule has 2 aliphatic heterocycles. The maximum absolute atomic E-state index is 14.1. The zero-order chi connectivity index (χ0) is 23.4. The van der Waals surface area contributed by atoms with Crippen molar-refractivity contribution in [3.63, 3.8) is 0 Å². The Bertz CT molecular complexity index is 1400. The van der Waals surface area contributed by atoms with Crippen LogP contribution in [0.1, 0.15) is 25.6 Å². The number of hydrogen-bond acceptors (Lipinski definition) is 9. The number of aromatic nitrogens is 5. The molecule has 9 nitrogen and oxygen atoms in total. The van der Waals surface area contributed by atoms with E-state index in [9.17, 15) is 4.39 Å². The number of hydrogen-bond donors (Lipinski definition) is 1. The van der Waals surface area contributed by atoms with Gasteiger partial charge >= 0.3 is 0 Å². The van der Waals surface area contributed by atoms with Crippen molar-refractivity contribution in [2.24, 2.45) is 0 Å². The molecule has 0 bridgehead atoms. The smallest absolute Gasteiger partial charge is 0.180 e. The minimum atomic E-state index is -0.796. The first-order valence-corrected chi connectivity index (χ1v) is 11.6. The van der Waals surface area contributed by atoms with E-state index >= 15 is 0 Å². The fraction of sp³-hybridized carbons (Fsp3) is 0.304. The van der Waals surface area contributed by atoms with Gasteiger partial charge in [0.25, 0.3) is 0 Å². The van der Waals surface area contributed by atoms with Crippen molar-refractivity contribution in [2.45, 2.75) is 44.2 Å². The molecule has 0 saturated carbocycles. The Morgan fingerprint density at radius 2 is 1.97 bits per heavy atom. The predicted molar refractivity (Wildman–Crippen MR) is 124 cm³/mol. The van der Waals surface area contributed by atoms with Crippen LogP contribution in [0.25, 0.3) is 28.6 Å². The second-order valence-corrected chi connectivity index (χ2v) is 9.44. The van der Waals surface area contributed by atoms with Crippen LogP contribution in [-0.2, 0) is 14.2 Å². The second-order valence-electron chi connectivity index (χ2n) is 8.55. The first-order valence-electron chi connectivity index (χ1n) is 10.7. The lowest BCUT2D eigenvalue weighted by molar-refractivity contribution is -0.191. The molecular formula is C23H21FN6O3S. The summed E-state index contributed by atoms with van der Waals surface area (Å²) in [6.07, 6.45) is 4.78. The molecular weight excluding hydrogens is 459 g/mol. The van der Waals surface area contributed by atoms with Crippen molar-refractivity contribution in [2.75, 3.05) is 5.73 Å². The van der Waals surface area contributed by atoms with Gasteiger partial charge in [0.05, 0.1) is 6.33 Å². The highest BCUT2D eigenvalue weighted by atomic mass is 32.1. The van der Waals surface area contributed by atoms with E-state index in [4.69, 9.17) is 19.9 Å². The number of nitrogens with zero attached hydrogens (tertiary/aromatic N) is 5. The third-order valence-corrected chi connectivity index (χ3v) is 6.51. The summed E-state index contributed by atoms with van der Waals surface area (Å²) in [5, 5.41) is 2.28. The van der Waals surface area contributed by atoms with Crippen LogP contribution in [0.15, 0.2) is 48.4 Å². The Morgan fingerprint density at radius 1 is 1.15 bits per heavy atom. The fourth-order valence-corrected chi connectivity index (χ4v) is 4.96. The number of rotatable bonds is 4. The molecule has 2 fully saturated rings. The van der Waals surface area contributed by atoms with E-state index < -0.39 is 24.2 Å². The summed E-state index contributed by atoms with van der Waals surface area (Å²) in [6.45, 7) is 3.72. The number of anilines is 1. The molecule has 6 rings (SSSR count). The summed E-state index contributed by atoms with van der Waals surface area (Å²) in [6, 6.07) is 6.57. The van der Waals surface area contributed by atoms with E-state index in [-0.39, 0.29) is 11.9 Å². The maximum atomic E-state index is 14.1. The monoisotopic (exact) mass is 480 g/mol. The van der Waals surface area contributed by atoms with Crippen molar-refractivity contribution in [1.82, 2.24) is 24.5 Å². The number of benzene rings is 1. The molecule has 2 N–H and O–H groups in total. The van der Waals surface area contributed by atoms with Crippen molar-refractivity contribution in [3.8, 4) is 11.4 Å². The standard InChI is InChI=1S/C23H21FN6O3S/c1-23(2)32-18-15(8-7-12-5-3-4-6-13(12)24)31-21(19(18)33-23)30-11-28-17-16(26-10-27-20(17)30)14-9-34-22(25)29-14/h3-11,15,18-19,21H,1-2H3,(H2,25,29)/t15-,18-,19-,21-/m1/s1. The lowest BCUT2D eigenvalue weighted by atomic mass is 10.1. The number of nitrogens with two attached hydrogens (primary N) is 1. The van der Waals surface area contributed by atoms with E-state index in [0.29, 0.717) is 33.2 Å². The van der Waals surface area contributed by atoms with E-state index in [2.05, 4.69) is 19.9 Å². The summed E-state index contributed by atoms with van der Waals surface area (Å²) in [5.74, 6) is -1.10. The largest absolute Gasteiger partial charge is 0.375 e. The summed E-state index contributed by atoms with van der Waals surface area (Å²) in [5.41, 5.74) is 8.65. The number of halogens is 1. The van der Waals surface area contributed by atoms with Crippen molar-refractivity contribution >= 4 is 33.7 Å². The van der Waals surface area contributed by atoms with E-state index in [1.54, 1.807) is 36.7 Å². The van der Waals surface area contributed by atoms with Gasteiger partial charge in [-0.1, -0.05) is 30.4 Å². The third-order valence-electron chi connectivity index (χ3n) is 5.83. The molecule has 4 atom stereocenters. The van der Waals surface area contributed by atoms with Crippen molar-refractivity contribution in [3.05, 3.63) is 59.8 Å². The van der Waals surface area contributed by atoms with Crippen LogP contribution in [0.4, 0.5) is 9.52 Å². The normalized spacial score (nSPS) is 26.0. The molecule has 34 heavy (non-hydrogen) atoms. The maximum Gasteiger partial charge on any atom is 0.180 e. The molecule has 0 radical (unpaired) electrons. The molecule has 2 aliphatic rings. The van der Waals surface area contributed by atoms with Crippen LogP contribution in [0.3, 0.4) is 0 Å². The van der Waals surface area contributed by atoms with Gasteiger partial charge in [-0.15, -0.1) is 11.3 Å². The lowest BCUT2D eigenvalue weighted by Gasteiger charge is -2.24. The van der Waals surface area contributed by atoms with Crippen molar-refractivity contribution in [1.29, 1.82) is 0 Å². The Balaban J connectivity index is 1.37. The molecule has 0 spiro atoms. The molecule has 0 amide bonds. The molecule has 11 heteroatoms. The number of fused-ring (bicyclic) bond motifs is 2. The molecule has 2 saturated heterocycles. The Labute approximate surface area is 198 Å². The number of thiazole rings is 1. The van der Waals surface area contributed by atoms with Gasteiger partial charge < -0.3 is 19.9 Å². The summed E-state index contributed by atoms with van der Waals surface area (Å²) in [4.78, 5) is 17.7. The number of imidazole rings is 1. The minimum Gasteiger partial charge on any atom is -0.375 e. The third kappa shape index (κ3) is 3.57. The molecule has 0 aliphatic carbocycles. The minimum absolute atomic E-state index is 0.304. The van der Waals surface area contributed by atoms with Crippen LogP contribution >= 0.6 is 11.3 Å². The van der Waals surface area contributed by atoms with Gasteiger partial charge in [0.2, 0.25) is 0 Å². The SMILES string of the molecule is CC1(C)O[C@@H]2[C@H](O1)[C@@H](C=Cc1ccccc1F)O[C@H]2n1cnc2c(-c3csc(N)n3)ncnc21. The van der Waals surface area contributed by atoms with E-state index in [1.165, 1.54) is 23.7 Å². The highest BCUT2D eigenvalue weighted by molar-refractivity contribution is 7.13. The molecule has 3 aromatic heterocycles. The fourth-order valence-electron chi connectivity index (χ4n) is 4.42. The van der Waals surface area contributed by atoms with Crippen LogP contribution in [0, 0.1) is 5.82 Å². The van der Waals surface area contributed by atoms with E-state index in [0.717, 1.165) is 0 Å². The molecule has 0 unspecified atom stereocenters. The first kappa shape index (κ1) is 21.3. The predicted octanol–water partition coefficient (Wildman–Crippen LogP) is 3.80. The van der Waals surface area contributed by atoms with E-state index in [1.807, 2.05) is 23.8 Å². The molecule has 174 valence electrons. The quantitative estimate of drug-likeness (QED) is 0.470. The molecule has 5 heterocycles. The highest BCUT2D eigenvalue weighted by Crippen LogP contribution is 2.44. The van der Waals surface area contributed by atoms with Crippen molar-refractivity contribution < 1.29 is 18.6 Å². The number of ether oxygens (including phenoxy) is 3. The Kier molecular flexibility index (Phi) is 4.96. The summed E-state index contributed by atoms with van der Waals surface area (Å²) in [7, 11) is 0. The van der Waals surface area contributed by atoms with Gasteiger partial charge in [-0.2, -0.15) is 0 Å². The lowest BCUT2D eigenvalue weighted by Crippen LogP contribution is -2.28. The first-order chi connectivity index (χ1) is 16.4. The van der Waals surface area contributed by atoms with Gasteiger partial charge in [-0.05, 0) is 19.9 Å². The second kappa shape index (κ2) is 7.91. The van der Waals surface area contributed by atoms with Gasteiger partial charge in [0.1, 0.15) is 47.4 Å². The van der Waals surface area contributed by atoms with Gasteiger partial charge in [0.15, 0.2) is 22.8 Å². The van der Waals surface area contributed by atoms with Gasteiger partial charge in [-0.3, -0.25) is 4.57 Å². The zero-order valence-electron chi connectivity index (χ0n) is 18.3. The zero-order valence-corrected chi connectivity index (χ0v) is 19.1. The molecule has 1 aromatic carbocycles. The number of nitrogen functional groups attached to an aromatic ring is 1. The Hall–Kier alpha value is -3.25. The topological polar surface area (TPSA) is 110 Å². The van der Waals surface area contributed by atoms with Gasteiger partial charge in [-0.25, -0.2) is 24.3 Å². The average molecular weight is 481 g/mol.